The molecule has 38 heavy (non-hydrogen) atoms. The van der Waals surface area contributed by atoms with Crippen LogP contribution in [0.15, 0.2) is 30.5 Å². The Morgan fingerprint density at radius 1 is 1.08 bits per heavy atom. The molecule has 0 saturated carbocycles. The topological polar surface area (TPSA) is 158 Å². The van der Waals surface area contributed by atoms with E-state index in [2.05, 4.69) is 15.6 Å². The van der Waals surface area contributed by atoms with E-state index in [1.54, 1.807) is 6.20 Å². The number of carbonyl (C=O) groups is 4. The van der Waals surface area contributed by atoms with Gasteiger partial charge < -0.3 is 31.4 Å². The van der Waals surface area contributed by atoms with Gasteiger partial charge in [0.15, 0.2) is 0 Å². The highest BCUT2D eigenvalue weighted by atomic mass is 16.4. The van der Waals surface area contributed by atoms with Crippen molar-refractivity contribution in [2.45, 2.75) is 84.0 Å². The number of aromatic amines is 1. The summed E-state index contributed by atoms with van der Waals surface area (Å²) in [6.07, 6.45) is 4.25. The molecule has 208 valence electrons. The summed E-state index contributed by atoms with van der Waals surface area (Å²) in [5.41, 5.74) is 7.84. The summed E-state index contributed by atoms with van der Waals surface area (Å²) in [6.45, 7) is 7.91. The number of fused-ring (bicyclic) bond motifs is 1. The van der Waals surface area contributed by atoms with Gasteiger partial charge in [-0.25, -0.2) is 4.79 Å². The number of para-hydroxylation sites is 1. The molecular weight excluding hydrogens is 486 g/mol. The average Bonchev–Trinajstić information content (AvgIpc) is 3.57. The van der Waals surface area contributed by atoms with Crippen molar-refractivity contribution in [1.29, 1.82) is 0 Å². The molecule has 1 aliphatic rings. The van der Waals surface area contributed by atoms with Gasteiger partial charge in [-0.15, -0.1) is 0 Å². The highest BCUT2D eigenvalue weighted by Crippen LogP contribution is 2.23. The van der Waals surface area contributed by atoms with Gasteiger partial charge in [-0.3, -0.25) is 14.4 Å². The van der Waals surface area contributed by atoms with Crippen molar-refractivity contribution in [3.8, 4) is 0 Å². The van der Waals surface area contributed by atoms with Gasteiger partial charge >= 0.3 is 5.97 Å². The second kappa shape index (κ2) is 12.9. The minimum atomic E-state index is -1.06. The number of carboxylic acid groups (broad SMARTS) is 1. The molecule has 1 aliphatic heterocycles. The third-order valence-electron chi connectivity index (χ3n) is 7.89. The van der Waals surface area contributed by atoms with Gasteiger partial charge in [0.2, 0.25) is 17.7 Å². The number of carboxylic acids is 1. The number of nitrogens with two attached hydrogens (primary N) is 1. The fourth-order valence-electron chi connectivity index (χ4n) is 4.93. The Balaban J connectivity index is 1.89. The van der Waals surface area contributed by atoms with E-state index in [9.17, 15) is 24.3 Å². The molecule has 6 unspecified atom stereocenters. The normalized spacial score (nSPS) is 19.4. The van der Waals surface area contributed by atoms with E-state index in [0.29, 0.717) is 25.8 Å². The van der Waals surface area contributed by atoms with Crippen LogP contribution in [0.25, 0.3) is 10.9 Å². The monoisotopic (exact) mass is 527 g/mol. The third-order valence-corrected chi connectivity index (χ3v) is 7.89. The van der Waals surface area contributed by atoms with Crippen LogP contribution in [-0.2, 0) is 25.6 Å². The van der Waals surface area contributed by atoms with Crippen molar-refractivity contribution in [2.24, 2.45) is 17.6 Å². The Bertz CT molecular complexity index is 1150. The molecule has 1 aromatic heterocycles. The van der Waals surface area contributed by atoms with Gasteiger partial charge in [0.05, 0.1) is 6.04 Å². The summed E-state index contributed by atoms with van der Waals surface area (Å²) >= 11 is 0. The number of hydrogen-bond acceptors (Lipinski definition) is 5. The first-order valence-electron chi connectivity index (χ1n) is 13.5. The zero-order valence-electron chi connectivity index (χ0n) is 22.7. The van der Waals surface area contributed by atoms with Crippen LogP contribution in [0.5, 0.6) is 0 Å². The standard InChI is InChI=1S/C28H41N5O5/c1-5-16(3)23(29)25(34)32-24(17(4)6-2)26(35)31-21(27(36)33-13-9-12-22(33)28(37)38)14-18-15-30-20-11-8-7-10-19(18)20/h7-8,10-11,15-17,21-24,30H,5-6,9,12-14,29H2,1-4H3,(H,31,35)(H,32,34)(H,37,38). The van der Waals surface area contributed by atoms with Crippen LogP contribution >= 0.6 is 0 Å². The Hall–Kier alpha value is -3.40. The number of H-pyrrole nitrogens is 1. The van der Waals surface area contributed by atoms with Crippen molar-refractivity contribution in [3.05, 3.63) is 36.0 Å². The Labute approximate surface area is 223 Å². The molecule has 3 rings (SSSR count). The van der Waals surface area contributed by atoms with Gasteiger partial charge in [0, 0.05) is 30.1 Å². The number of aliphatic carboxylic acids is 1. The Morgan fingerprint density at radius 3 is 2.42 bits per heavy atom. The lowest BCUT2D eigenvalue weighted by Gasteiger charge is -2.31. The van der Waals surface area contributed by atoms with Crippen molar-refractivity contribution in [3.63, 3.8) is 0 Å². The lowest BCUT2D eigenvalue weighted by atomic mass is 9.95. The number of benzene rings is 1. The zero-order valence-corrected chi connectivity index (χ0v) is 22.7. The summed E-state index contributed by atoms with van der Waals surface area (Å²) < 4.78 is 0. The smallest absolute Gasteiger partial charge is 0.326 e. The van der Waals surface area contributed by atoms with Crippen LogP contribution in [0.4, 0.5) is 0 Å². The number of nitrogens with one attached hydrogen (secondary N) is 3. The highest BCUT2D eigenvalue weighted by Gasteiger charge is 2.39. The summed E-state index contributed by atoms with van der Waals surface area (Å²) in [5.74, 6) is -2.69. The Kier molecular flexibility index (Phi) is 9.90. The fourth-order valence-corrected chi connectivity index (χ4v) is 4.93. The Morgan fingerprint density at radius 2 is 1.76 bits per heavy atom. The molecule has 10 heteroatoms. The van der Waals surface area contributed by atoms with Crippen LogP contribution in [0.1, 0.15) is 58.9 Å². The molecule has 1 aromatic carbocycles. The molecule has 6 atom stereocenters. The third kappa shape index (κ3) is 6.53. The molecule has 0 spiro atoms. The number of hydrogen-bond donors (Lipinski definition) is 5. The van der Waals surface area contributed by atoms with Crippen molar-refractivity contribution < 1.29 is 24.3 Å². The van der Waals surface area contributed by atoms with Crippen LogP contribution in [0.3, 0.4) is 0 Å². The van der Waals surface area contributed by atoms with E-state index in [0.717, 1.165) is 22.9 Å². The molecule has 6 N–H and O–H groups in total. The molecular formula is C28H41N5O5. The second-order valence-corrected chi connectivity index (χ2v) is 10.4. The number of rotatable bonds is 12. The van der Waals surface area contributed by atoms with Gasteiger partial charge in [-0.2, -0.15) is 0 Å². The largest absolute Gasteiger partial charge is 0.480 e. The van der Waals surface area contributed by atoms with Crippen LogP contribution in [0.2, 0.25) is 0 Å². The van der Waals surface area contributed by atoms with E-state index in [-0.39, 0.29) is 18.3 Å². The highest BCUT2D eigenvalue weighted by molar-refractivity contribution is 5.95. The maximum absolute atomic E-state index is 13.7. The van der Waals surface area contributed by atoms with Crippen molar-refractivity contribution in [2.75, 3.05) is 6.54 Å². The molecule has 2 heterocycles. The molecule has 2 aromatic rings. The SMILES string of the molecule is CCC(C)C(N)C(=O)NC(C(=O)NC(Cc1c[nH]c2ccccc12)C(=O)N1CCCC1C(=O)O)C(C)CC. The number of carbonyl (C=O) groups excluding carboxylic acids is 3. The first kappa shape index (κ1) is 29.2. The summed E-state index contributed by atoms with van der Waals surface area (Å²) in [4.78, 5) is 56.5. The van der Waals surface area contributed by atoms with Crippen LogP contribution in [-0.4, -0.2) is 69.4 Å². The molecule has 1 fully saturated rings. The van der Waals surface area contributed by atoms with Gasteiger partial charge in [0.25, 0.3) is 0 Å². The van der Waals surface area contributed by atoms with E-state index in [4.69, 9.17) is 5.73 Å². The van der Waals surface area contributed by atoms with Gasteiger partial charge in [-0.1, -0.05) is 58.7 Å². The number of amides is 3. The van der Waals surface area contributed by atoms with E-state index < -0.39 is 47.9 Å². The predicted molar refractivity (Wildman–Crippen MR) is 145 cm³/mol. The summed E-state index contributed by atoms with van der Waals surface area (Å²) in [5, 5.41) is 16.3. The molecule has 0 bridgehead atoms. The number of aromatic nitrogens is 1. The van der Waals surface area contributed by atoms with Crippen LogP contribution < -0.4 is 16.4 Å². The van der Waals surface area contributed by atoms with Crippen molar-refractivity contribution in [1.82, 2.24) is 20.5 Å². The predicted octanol–water partition coefficient (Wildman–Crippen LogP) is 2.18. The zero-order chi connectivity index (χ0) is 28.0. The molecule has 3 amide bonds. The lowest BCUT2D eigenvalue weighted by molar-refractivity contribution is -0.149. The summed E-state index contributed by atoms with van der Waals surface area (Å²) in [6, 6.07) is 4.06. The van der Waals surface area contributed by atoms with Gasteiger partial charge in [0.1, 0.15) is 18.1 Å². The maximum atomic E-state index is 13.7. The van der Waals surface area contributed by atoms with Crippen molar-refractivity contribution >= 4 is 34.6 Å². The van der Waals surface area contributed by atoms with E-state index in [1.165, 1.54) is 4.90 Å². The lowest BCUT2D eigenvalue weighted by Crippen LogP contribution is -2.59. The first-order valence-corrected chi connectivity index (χ1v) is 13.5. The molecule has 1 saturated heterocycles. The molecule has 0 aliphatic carbocycles. The minimum absolute atomic E-state index is 0.0602. The fraction of sp³-hybridized carbons (Fsp3) is 0.571. The second-order valence-electron chi connectivity index (χ2n) is 10.4. The number of nitrogens with zero attached hydrogens (tertiary/aromatic N) is 1. The molecule has 0 radical (unpaired) electrons. The van der Waals surface area contributed by atoms with E-state index >= 15 is 0 Å². The first-order chi connectivity index (χ1) is 18.1. The molecule has 10 nitrogen and oxygen atoms in total. The minimum Gasteiger partial charge on any atom is -0.480 e. The average molecular weight is 528 g/mol. The van der Waals surface area contributed by atoms with Crippen LogP contribution in [0, 0.1) is 11.8 Å². The van der Waals surface area contributed by atoms with Gasteiger partial charge in [-0.05, 0) is 36.3 Å². The maximum Gasteiger partial charge on any atom is 0.326 e. The summed E-state index contributed by atoms with van der Waals surface area (Å²) in [7, 11) is 0. The van der Waals surface area contributed by atoms with E-state index in [1.807, 2.05) is 52.0 Å². The number of likely N-dealkylation sites (tertiary alicyclic amines) is 1. The quantitative estimate of drug-likeness (QED) is 0.285.